The van der Waals surface area contributed by atoms with Crippen LogP contribution >= 0.6 is 11.3 Å². The van der Waals surface area contributed by atoms with Crippen molar-refractivity contribution in [1.29, 1.82) is 0 Å². The second-order valence-electron chi connectivity index (χ2n) is 18.8. The number of rotatable bonds is 13. The number of carbonyl (C=O) groups excluding carboxylic acids is 2. The van der Waals surface area contributed by atoms with Gasteiger partial charge in [-0.1, -0.05) is 24.1 Å². The summed E-state index contributed by atoms with van der Waals surface area (Å²) in [7, 11) is 0. The van der Waals surface area contributed by atoms with Crippen molar-refractivity contribution in [2.75, 3.05) is 6.54 Å². The standard InChI is InChI=1S/C51H44F9N9O4S/c1-49(2,3)73-48(72)68-16-4-5-36(68)46-62-23-35(64-46)27-9-6-25(7-10-27)8-13-39-65-47-37(74-39)22-31(28-11-12-33(54)32(20-28)45(61)71)41(66-47)34(19-26-17-29(52)21-30(53)18-26)63-38(70)24-69-43-40(42(67-69)44(55)56)50(57,58)14-15-51(43,59)60/h6-7,9-12,17-18,20-23,34,36,44,48,72H,4-5,14-16,19,24H2,1-3H3,(H2,61,71)(H,62,64)(H,63,70)/t34-,36-,48?/m0/s1. The van der Waals surface area contributed by atoms with Gasteiger partial charge in [-0.25, -0.2) is 50.6 Å². The molecule has 0 spiro atoms. The molecule has 23 heteroatoms. The Bertz CT molecular complexity index is 3340. The number of likely N-dealkylation sites (tertiary alicyclic amines) is 1. The molecule has 0 bridgehead atoms. The Morgan fingerprint density at radius 3 is 2.32 bits per heavy atom. The van der Waals surface area contributed by atoms with Gasteiger partial charge in [0.1, 0.15) is 41.2 Å². The summed E-state index contributed by atoms with van der Waals surface area (Å²) in [6, 6.07) is 12.8. The molecule has 1 unspecified atom stereocenters. The largest absolute Gasteiger partial charge is 0.366 e. The summed E-state index contributed by atoms with van der Waals surface area (Å²) >= 11 is 1.07. The van der Waals surface area contributed by atoms with Crippen molar-refractivity contribution in [3.63, 3.8) is 0 Å². The first-order valence-corrected chi connectivity index (χ1v) is 23.8. The summed E-state index contributed by atoms with van der Waals surface area (Å²) in [4.78, 5) is 45.5. The topological polar surface area (TPSA) is 177 Å². The van der Waals surface area contributed by atoms with Crippen molar-refractivity contribution in [1.82, 2.24) is 39.9 Å². The van der Waals surface area contributed by atoms with Gasteiger partial charge in [0.2, 0.25) is 12.3 Å². The van der Waals surface area contributed by atoms with Gasteiger partial charge in [-0.05, 0) is 99.5 Å². The summed E-state index contributed by atoms with van der Waals surface area (Å²) in [5.41, 5.74) is 1.51. The van der Waals surface area contributed by atoms with Crippen LogP contribution in [0.3, 0.4) is 0 Å². The molecule has 5 N–H and O–H groups in total. The van der Waals surface area contributed by atoms with Crippen LogP contribution in [0.4, 0.5) is 39.5 Å². The lowest BCUT2D eigenvalue weighted by Gasteiger charge is -2.32. The van der Waals surface area contributed by atoms with Crippen LogP contribution in [0.25, 0.3) is 32.7 Å². The van der Waals surface area contributed by atoms with Crippen LogP contribution in [0, 0.1) is 29.3 Å². The second-order valence-corrected chi connectivity index (χ2v) is 19.9. The molecule has 4 aromatic heterocycles. The SMILES string of the molecule is CC(C)(C)OC(O)N1CCC[C@H]1c1nc(-c2ccc(C#Cc3nc4nc([C@H](Cc5cc(F)cc(F)c5)NC(=O)Cn5nc(C(F)F)c6c5C(F)(F)CCC6(F)F)c(-c5ccc(F)c(C(N)=O)c5)cc4s3)cc2)c[nH]1. The number of halogens is 9. The number of aromatic amines is 1. The number of nitrogens with two attached hydrogens (primary N) is 1. The number of alkyl halides is 6. The van der Waals surface area contributed by atoms with E-state index in [1.807, 2.05) is 37.8 Å². The van der Waals surface area contributed by atoms with Gasteiger partial charge in [-0.3, -0.25) is 14.3 Å². The number of aliphatic hydroxyl groups is 1. The number of aromatic nitrogens is 6. The molecule has 0 radical (unpaired) electrons. The van der Waals surface area contributed by atoms with Crippen LogP contribution in [0.2, 0.25) is 0 Å². The molecule has 3 aromatic carbocycles. The number of ether oxygens (including phenoxy) is 1. The minimum absolute atomic E-state index is 0.0209. The number of amides is 2. The van der Waals surface area contributed by atoms with E-state index in [-0.39, 0.29) is 43.8 Å². The lowest BCUT2D eigenvalue weighted by molar-refractivity contribution is -0.243. The normalized spacial score (nSPS) is 17.2. The first-order valence-electron chi connectivity index (χ1n) is 23.0. The van der Waals surface area contributed by atoms with Crippen LogP contribution in [-0.4, -0.2) is 70.1 Å². The molecule has 386 valence electrons. The third kappa shape index (κ3) is 10.9. The van der Waals surface area contributed by atoms with Crippen LogP contribution < -0.4 is 11.1 Å². The minimum Gasteiger partial charge on any atom is -0.366 e. The van der Waals surface area contributed by atoms with E-state index in [1.54, 1.807) is 18.3 Å². The van der Waals surface area contributed by atoms with Crippen molar-refractivity contribution in [2.45, 2.75) is 102 Å². The second kappa shape index (κ2) is 20.0. The molecule has 0 saturated carbocycles. The van der Waals surface area contributed by atoms with Crippen LogP contribution in [-0.2, 0) is 34.3 Å². The predicted octanol–water partition coefficient (Wildman–Crippen LogP) is 10.1. The number of hydrogen-bond acceptors (Lipinski definition) is 10. The van der Waals surface area contributed by atoms with Crippen LogP contribution in [0.5, 0.6) is 0 Å². The summed E-state index contributed by atoms with van der Waals surface area (Å²) < 4.78 is 139. The molecule has 2 amide bonds. The van der Waals surface area contributed by atoms with E-state index in [4.69, 9.17) is 20.4 Å². The van der Waals surface area contributed by atoms with Crippen molar-refractivity contribution in [3.8, 4) is 34.2 Å². The van der Waals surface area contributed by atoms with E-state index >= 15 is 17.6 Å². The lowest BCUT2D eigenvalue weighted by Crippen LogP contribution is -2.41. The number of primary amides is 1. The number of pyridine rings is 1. The van der Waals surface area contributed by atoms with Crippen LogP contribution in [0.1, 0.15) is 120 Å². The van der Waals surface area contributed by atoms with E-state index in [0.717, 1.165) is 54.0 Å². The number of carbonyl (C=O) groups is 2. The van der Waals surface area contributed by atoms with Gasteiger partial charge in [0.25, 0.3) is 24.2 Å². The number of aliphatic hydroxyl groups excluding tert-OH is 1. The third-order valence-corrected chi connectivity index (χ3v) is 13.3. The zero-order valence-corrected chi connectivity index (χ0v) is 40.2. The van der Waals surface area contributed by atoms with Crippen molar-refractivity contribution >= 4 is 33.5 Å². The highest BCUT2D eigenvalue weighted by Crippen LogP contribution is 2.52. The Kier molecular flexibility index (Phi) is 14.0. The number of nitrogens with zero attached hydrogens (tertiary/aromatic N) is 6. The summed E-state index contributed by atoms with van der Waals surface area (Å²) in [6.45, 7) is 4.92. The zero-order valence-electron chi connectivity index (χ0n) is 39.4. The molecule has 74 heavy (non-hydrogen) atoms. The first-order chi connectivity index (χ1) is 34.9. The van der Waals surface area contributed by atoms with Gasteiger partial charge >= 0.3 is 0 Å². The highest BCUT2D eigenvalue weighted by atomic mass is 32.1. The quantitative estimate of drug-likeness (QED) is 0.0497. The highest BCUT2D eigenvalue weighted by Gasteiger charge is 2.55. The summed E-state index contributed by atoms with van der Waals surface area (Å²) in [6.07, 6.45) is -4.82. The van der Waals surface area contributed by atoms with E-state index in [9.17, 15) is 36.6 Å². The van der Waals surface area contributed by atoms with Gasteiger partial charge in [-0.2, -0.15) is 13.9 Å². The Hall–Kier alpha value is -7.13. The number of fused-ring (bicyclic) bond motifs is 2. The molecule has 1 fully saturated rings. The Morgan fingerprint density at radius 1 is 0.932 bits per heavy atom. The average Bonchev–Trinajstić information content (AvgIpc) is 4.15. The molecular formula is C51H44F9N9O4S. The molecule has 1 aliphatic heterocycles. The average molecular weight is 1050 g/mol. The fraction of sp³-hybridized carbons (Fsp3) is 0.333. The summed E-state index contributed by atoms with van der Waals surface area (Å²) in [5, 5.41) is 16.9. The maximum Gasteiger partial charge on any atom is 0.290 e. The zero-order chi connectivity index (χ0) is 53.0. The molecule has 7 aromatic rings. The van der Waals surface area contributed by atoms with Crippen molar-refractivity contribution < 1.29 is 58.9 Å². The maximum atomic E-state index is 15.3. The van der Waals surface area contributed by atoms with Gasteiger partial charge in [0.05, 0.1) is 44.9 Å². The molecular weight excluding hydrogens is 1010 g/mol. The number of benzene rings is 3. The molecule has 5 heterocycles. The fourth-order valence-electron chi connectivity index (χ4n) is 9.14. The number of imidazole rings is 1. The van der Waals surface area contributed by atoms with Gasteiger partial charge < -0.3 is 25.9 Å². The minimum atomic E-state index is -4.13. The monoisotopic (exact) mass is 1050 g/mol. The Balaban J connectivity index is 1.06. The van der Waals surface area contributed by atoms with E-state index in [1.165, 1.54) is 12.1 Å². The predicted molar refractivity (Wildman–Crippen MR) is 252 cm³/mol. The van der Waals surface area contributed by atoms with E-state index < -0.39 is 114 Å². The molecule has 9 rings (SSSR count). The molecule has 1 saturated heterocycles. The van der Waals surface area contributed by atoms with Gasteiger partial charge in [-0.15, -0.1) is 11.3 Å². The van der Waals surface area contributed by atoms with Crippen molar-refractivity contribution in [2.24, 2.45) is 5.73 Å². The van der Waals surface area contributed by atoms with Gasteiger partial charge in [0.15, 0.2) is 10.7 Å². The Labute approximate surface area is 420 Å². The summed E-state index contributed by atoms with van der Waals surface area (Å²) in [5.74, 6) is -6.93. The van der Waals surface area contributed by atoms with E-state index in [0.29, 0.717) is 34.4 Å². The van der Waals surface area contributed by atoms with Gasteiger partial charge in [0, 0.05) is 48.3 Å². The smallest absolute Gasteiger partial charge is 0.290 e. The number of thiazole rings is 1. The number of H-pyrrole nitrogens is 1. The molecule has 3 atom stereocenters. The Morgan fingerprint density at radius 2 is 1.64 bits per heavy atom. The third-order valence-electron chi connectivity index (χ3n) is 12.4. The first kappa shape index (κ1) is 51.8. The van der Waals surface area contributed by atoms with Crippen LogP contribution in [0.15, 0.2) is 72.9 Å². The number of hydrogen-bond donors (Lipinski definition) is 4. The van der Waals surface area contributed by atoms with Crippen molar-refractivity contribution in [3.05, 3.63) is 141 Å². The molecule has 13 nitrogen and oxygen atoms in total. The fourth-order valence-corrected chi connectivity index (χ4v) is 9.94. The maximum absolute atomic E-state index is 15.3. The molecule has 2 aliphatic rings. The lowest BCUT2D eigenvalue weighted by atomic mass is 9.89. The number of nitrogens with one attached hydrogen (secondary N) is 2. The highest BCUT2D eigenvalue weighted by molar-refractivity contribution is 7.19. The molecule has 1 aliphatic carbocycles. The van der Waals surface area contributed by atoms with E-state index in [2.05, 4.69) is 32.2 Å².